The van der Waals surface area contributed by atoms with Crippen molar-refractivity contribution in [2.75, 3.05) is 39.4 Å². The number of hydrogen-bond donors (Lipinski definition) is 1. The Balaban J connectivity index is 1.31. The molecule has 120 valence electrons. The second-order valence-electron chi connectivity index (χ2n) is 7.20. The maximum atomic E-state index is 12.0. The third kappa shape index (κ3) is 4.43. The minimum absolute atomic E-state index is 0.312. The molecule has 0 aromatic rings. The van der Waals surface area contributed by atoms with E-state index in [1.54, 1.807) is 0 Å². The molecule has 1 aliphatic carbocycles. The maximum Gasteiger partial charge on any atom is 0.223 e. The van der Waals surface area contributed by atoms with E-state index >= 15 is 0 Å². The number of carbonyl (C=O) groups is 1. The molecule has 3 aliphatic rings. The molecule has 2 aliphatic heterocycles. The number of ether oxygens (including phenoxy) is 1. The summed E-state index contributed by atoms with van der Waals surface area (Å²) in [5.41, 5.74) is 0. The molecule has 0 bridgehead atoms. The smallest absolute Gasteiger partial charge is 0.223 e. The molecule has 2 saturated heterocycles. The Morgan fingerprint density at radius 3 is 2.48 bits per heavy atom. The van der Waals surface area contributed by atoms with Crippen molar-refractivity contribution in [2.45, 2.75) is 44.9 Å². The Morgan fingerprint density at radius 2 is 1.81 bits per heavy atom. The normalized spacial score (nSPS) is 29.0. The van der Waals surface area contributed by atoms with E-state index in [2.05, 4.69) is 10.2 Å². The van der Waals surface area contributed by atoms with Crippen LogP contribution in [0, 0.1) is 17.8 Å². The lowest BCUT2D eigenvalue weighted by Gasteiger charge is -2.33. The summed E-state index contributed by atoms with van der Waals surface area (Å²) in [5, 5.41) is 3.20. The van der Waals surface area contributed by atoms with Gasteiger partial charge < -0.3 is 15.0 Å². The van der Waals surface area contributed by atoms with Crippen LogP contribution in [-0.4, -0.2) is 50.2 Å². The molecule has 3 fully saturated rings. The molecule has 4 heteroatoms. The fraction of sp³-hybridized carbons (Fsp3) is 0.941. The van der Waals surface area contributed by atoms with Gasteiger partial charge >= 0.3 is 0 Å². The Morgan fingerprint density at radius 1 is 1.05 bits per heavy atom. The first-order valence-electron chi connectivity index (χ1n) is 8.89. The predicted molar refractivity (Wildman–Crippen MR) is 83.1 cm³/mol. The van der Waals surface area contributed by atoms with Crippen molar-refractivity contribution in [3.05, 3.63) is 0 Å². The van der Waals surface area contributed by atoms with Gasteiger partial charge in [-0.25, -0.2) is 0 Å². The molecule has 3 rings (SSSR count). The summed E-state index contributed by atoms with van der Waals surface area (Å²) in [7, 11) is 0. The number of rotatable bonds is 5. The molecule has 2 heterocycles. The van der Waals surface area contributed by atoms with Gasteiger partial charge in [-0.05, 0) is 57.0 Å². The Hall–Kier alpha value is -0.610. The van der Waals surface area contributed by atoms with Crippen LogP contribution in [0.2, 0.25) is 0 Å². The van der Waals surface area contributed by atoms with E-state index < -0.39 is 0 Å². The van der Waals surface area contributed by atoms with Crippen molar-refractivity contribution in [3.8, 4) is 0 Å². The summed E-state index contributed by atoms with van der Waals surface area (Å²) in [6, 6.07) is 0. The SMILES string of the molecule is O=C(NCC1CCN(CC2CCOC2)CC1)C1CCCC1. The molecular weight excluding hydrogens is 264 g/mol. The molecule has 1 atom stereocenters. The highest BCUT2D eigenvalue weighted by Gasteiger charge is 2.26. The first-order valence-corrected chi connectivity index (χ1v) is 8.89. The molecule has 0 spiro atoms. The van der Waals surface area contributed by atoms with Gasteiger partial charge in [-0.15, -0.1) is 0 Å². The highest BCUT2D eigenvalue weighted by atomic mass is 16.5. The highest BCUT2D eigenvalue weighted by molar-refractivity contribution is 5.78. The van der Waals surface area contributed by atoms with E-state index in [1.165, 1.54) is 51.7 Å². The molecule has 0 aromatic heterocycles. The van der Waals surface area contributed by atoms with Crippen molar-refractivity contribution in [1.82, 2.24) is 10.2 Å². The van der Waals surface area contributed by atoms with Crippen molar-refractivity contribution in [1.29, 1.82) is 0 Å². The fourth-order valence-electron chi connectivity index (χ4n) is 4.04. The van der Waals surface area contributed by atoms with Gasteiger partial charge in [0.1, 0.15) is 0 Å². The van der Waals surface area contributed by atoms with E-state index in [0.717, 1.165) is 38.5 Å². The number of nitrogens with zero attached hydrogens (tertiary/aromatic N) is 1. The molecule has 0 radical (unpaired) electrons. The van der Waals surface area contributed by atoms with Gasteiger partial charge in [-0.1, -0.05) is 12.8 Å². The first kappa shape index (κ1) is 15.3. The van der Waals surface area contributed by atoms with Crippen LogP contribution >= 0.6 is 0 Å². The molecule has 0 aromatic carbocycles. The summed E-state index contributed by atoms with van der Waals surface area (Å²) in [6.07, 6.45) is 8.39. The summed E-state index contributed by atoms with van der Waals surface area (Å²) >= 11 is 0. The largest absolute Gasteiger partial charge is 0.381 e. The Kier molecular flexibility index (Phi) is 5.53. The number of hydrogen-bond acceptors (Lipinski definition) is 3. The van der Waals surface area contributed by atoms with Crippen LogP contribution in [0.5, 0.6) is 0 Å². The van der Waals surface area contributed by atoms with Crippen molar-refractivity contribution < 1.29 is 9.53 Å². The summed E-state index contributed by atoms with van der Waals surface area (Å²) in [5.74, 6) is 2.07. The fourth-order valence-corrected chi connectivity index (χ4v) is 4.04. The quantitative estimate of drug-likeness (QED) is 0.843. The van der Waals surface area contributed by atoms with Crippen LogP contribution in [0.1, 0.15) is 44.9 Å². The molecule has 1 unspecified atom stereocenters. The number of carbonyl (C=O) groups excluding carboxylic acids is 1. The van der Waals surface area contributed by atoms with Crippen LogP contribution in [0.4, 0.5) is 0 Å². The Bertz CT molecular complexity index is 328. The lowest BCUT2D eigenvalue weighted by Crippen LogP contribution is -2.41. The van der Waals surface area contributed by atoms with E-state index in [9.17, 15) is 4.79 Å². The van der Waals surface area contributed by atoms with Crippen molar-refractivity contribution in [3.63, 3.8) is 0 Å². The van der Waals surface area contributed by atoms with Crippen molar-refractivity contribution in [2.24, 2.45) is 17.8 Å². The lowest BCUT2D eigenvalue weighted by molar-refractivity contribution is -0.125. The van der Waals surface area contributed by atoms with Gasteiger partial charge in [0.05, 0.1) is 6.61 Å². The van der Waals surface area contributed by atoms with Crippen LogP contribution in [0.25, 0.3) is 0 Å². The zero-order valence-corrected chi connectivity index (χ0v) is 13.2. The summed E-state index contributed by atoms with van der Waals surface area (Å²) in [6.45, 7) is 6.41. The Labute approximate surface area is 128 Å². The topological polar surface area (TPSA) is 41.6 Å². The van der Waals surface area contributed by atoms with E-state index in [-0.39, 0.29) is 0 Å². The zero-order valence-electron chi connectivity index (χ0n) is 13.2. The van der Waals surface area contributed by atoms with Crippen LogP contribution in [-0.2, 0) is 9.53 Å². The molecule has 21 heavy (non-hydrogen) atoms. The van der Waals surface area contributed by atoms with E-state index in [4.69, 9.17) is 4.74 Å². The standard InChI is InChI=1S/C17H30N2O2/c20-17(16-3-1-2-4-16)18-11-14-5-8-19(9-6-14)12-15-7-10-21-13-15/h14-16H,1-13H2,(H,18,20). The van der Waals surface area contributed by atoms with E-state index in [1.807, 2.05) is 0 Å². The van der Waals surface area contributed by atoms with Gasteiger partial charge in [-0.3, -0.25) is 4.79 Å². The lowest BCUT2D eigenvalue weighted by atomic mass is 9.95. The summed E-state index contributed by atoms with van der Waals surface area (Å²) in [4.78, 5) is 14.6. The second-order valence-corrected chi connectivity index (χ2v) is 7.20. The van der Waals surface area contributed by atoms with Gasteiger partial charge in [0.2, 0.25) is 5.91 Å². The minimum atomic E-state index is 0.312. The third-order valence-electron chi connectivity index (χ3n) is 5.54. The molecule has 4 nitrogen and oxygen atoms in total. The van der Waals surface area contributed by atoms with Crippen molar-refractivity contribution >= 4 is 5.91 Å². The molecular formula is C17H30N2O2. The average Bonchev–Trinajstić information content (AvgIpc) is 3.19. The number of piperidine rings is 1. The third-order valence-corrected chi connectivity index (χ3v) is 5.54. The molecule has 1 amide bonds. The van der Waals surface area contributed by atoms with E-state index in [0.29, 0.717) is 17.7 Å². The average molecular weight is 294 g/mol. The van der Waals surface area contributed by atoms with Gasteiger partial charge in [-0.2, -0.15) is 0 Å². The second kappa shape index (κ2) is 7.59. The monoisotopic (exact) mass is 294 g/mol. The van der Waals surface area contributed by atoms with Gasteiger partial charge in [0.15, 0.2) is 0 Å². The highest BCUT2D eigenvalue weighted by Crippen LogP contribution is 2.25. The van der Waals surface area contributed by atoms with Gasteiger partial charge in [0.25, 0.3) is 0 Å². The number of amides is 1. The number of likely N-dealkylation sites (tertiary alicyclic amines) is 1. The van der Waals surface area contributed by atoms with Crippen LogP contribution in [0.15, 0.2) is 0 Å². The first-order chi connectivity index (χ1) is 10.3. The maximum absolute atomic E-state index is 12.0. The molecule has 1 N–H and O–H groups in total. The van der Waals surface area contributed by atoms with Gasteiger partial charge in [0, 0.05) is 25.6 Å². The minimum Gasteiger partial charge on any atom is -0.381 e. The predicted octanol–water partition coefficient (Wildman–Crippen LogP) is 2.04. The van der Waals surface area contributed by atoms with Crippen LogP contribution < -0.4 is 5.32 Å². The summed E-state index contributed by atoms with van der Waals surface area (Å²) < 4.78 is 5.46. The number of nitrogens with one attached hydrogen (secondary N) is 1. The zero-order chi connectivity index (χ0) is 14.5. The van der Waals surface area contributed by atoms with Crippen LogP contribution in [0.3, 0.4) is 0 Å². The molecule has 1 saturated carbocycles.